The summed E-state index contributed by atoms with van der Waals surface area (Å²) >= 11 is 7.71. The molecule has 7 heteroatoms. The van der Waals surface area contributed by atoms with Gasteiger partial charge in [0.2, 0.25) is 0 Å². The summed E-state index contributed by atoms with van der Waals surface area (Å²) < 4.78 is 25.1. The van der Waals surface area contributed by atoms with Crippen molar-refractivity contribution in [1.29, 1.82) is 0 Å². The predicted molar refractivity (Wildman–Crippen MR) is 126 cm³/mol. The second-order valence-electron chi connectivity index (χ2n) is 6.39. The fourth-order valence-electron chi connectivity index (χ4n) is 2.97. The van der Waals surface area contributed by atoms with Crippen LogP contribution in [0.5, 0.6) is 0 Å². The molecule has 0 heterocycles. The van der Waals surface area contributed by atoms with Crippen LogP contribution >= 0.6 is 31.0 Å². The standard InChI is InChI=1S/C23H25ClNO3PS/c1-3-27-29(26,28-4-2)23(18-14-16-19(24)17-15-18)25-21-12-8-9-13-22(21)30-20-10-6-5-7-11-20/h5-17,23,25H,3-4H2,1-2H3. The quantitative estimate of drug-likeness (QED) is 0.311. The molecule has 0 bridgehead atoms. The van der Waals surface area contributed by atoms with Gasteiger partial charge in [-0.05, 0) is 55.8 Å². The molecule has 0 fully saturated rings. The normalized spacial score (nSPS) is 12.5. The Labute approximate surface area is 187 Å². The Morgan fingerprint density at radius 1 is 0.900 bits per heavy atom. The molecule has 0 saturated heterocycles. The van der Waals surface area contributed by atoms with Crippen molar-refractivity contribution in [2.45, 2.75) is 29.4 Å². The molecule has 3 aromatic rings. The number of para-hydroxylation sites is 1. The largest absolute Gasteiger partial charge is 0.367 e. The van der Waals surface area contributed by atoms with Gasteiger partial charge in [-0.3, -0.25) is 4.57 Å². The fourth-order valence-corrected chi connectivity index (χ4v) is 5.96. The van der Waals surface area contributed by atoms with E-state index in [1.165, 1.54) is 0 Å². The lowest BCUT2D eigenvalue weighted by Crippen LogP contribution is -2.15. The Morgan fingerprint density at radius 2 is 1.50 bits per heavy atom. The molecule has 1 atom stereocenters. The number of hydrogen-bond acceptors (Lipinski definition) is 5. The highest BCUT2D eigenvalue weighted by Gasteiger charge is 2.37. The summed E-state index contributed by atoms with van der Waals surface area (Å²) in [5, 5.41) is 4.05. The molecule has 0 aliphatic heterocycles. The molecule has 3 aromatic carbocycles. The van der Waals surface area contributed by atoms with Crippen LogP contribution in [0.3, 0.4) is 0 Å². The number of rotatable bonds is 10. The number of benzene rings is 3. The lowest BCUT2D eigenvalue weighted by molar-refractivity contribution is 0.214. The van der Waals surface area contributed by atoms with Crippen LogP contribution in [-0.2, 0) is 13.6 Å². The maximum Gasteiger partial charge on any atom is 0.357 e. The fraction of sp³-hybridized carbons (Fsp3) is 0.217. The van der Waals surface area contributed by atoms with E-state index in [1.54, 1.807) is 23.9 Å². The van der Waals surface area contributed by atoms with Gasteiger partial charge in [0.1, 0.15) is 0 Å². The summed E-state index contributed by atoms with van der Waals surface area (Å²) in [4.78, 5) is 2.13. The third kappa shape index (κ3) is 5.90. The first-order valence-electron chi connectivity index (χ1n) is 9.78. The summed E-state index contributed by atoms with van der Waals surface area (Å²) in [5.74, 6) is -0.674. The zero-order valence-corrected chi connectivity index (χ0v) is 19.4. The minimum atomic E-state index is -3.50. The van der Waals surface area contributed by atoms with Crippen LogP contribution in [0.1, 0.15) is 25.2 Å². The van der Waals surface area contributed by atoms with E-state index in [-0.39, 0.29) is 13.2 Å². The predicted octanol–water partition coefficient (Wildman–Crippen LogP) is 7.87. The van der Waals surface area contributed by atoms with Crippen LogP contribution in [0.2, 0.25) is 5.02 Å². The van der Waals surface area contributed by atoms with E-state index in [0.717, 1.165) is 21.0 Å². The van der Waals surface area contributed by atoms with Gasteiger partial charge in [-0.15, -0.1) is 0 Å². The molecular weight excluding hydrogens is 437 g/mol. The monoisotopic (exact) mass is 461 g/mol. The van der Waals surface area contributed by atoms with Gasteiger partial charge >= 0.3 is 7.60 Å². The summed E-state index contributed by atoms with van der Waals surface area (Å²) in [7, 11) is -3.50. The van der Waals surface area contributed by atoms with Crippen LogP contribution in [0, 0.1) is 0 Å². The number of nitrogens with one attached hydrogen (secondary N) is 1. The van der Waals surface area contributed by atoms with Crippen molar-refractivity contribution in [3.63, 3.8) is 0 Å². The molecule has 3 rings (SSSR count). The molecule has 0 radical (unpaired) electrons. The second-order valence-corrected chi connectivity index (χ2v) is 10.0. The van der Waals surface area contributed by atoms with Gasteiger partial charge in [-0.25, -0.2) is 0 Å². The van der Waals surface area contributed by atoms with Crippen LogP contribution in [0.15, 0.2) is 88.7 Å². The average Bonchev–Trinajstić information content (AvgIpc) is 2.75. The van der Waals surface area contributed by atoms with Gasteiger partial charge in [0, 0.05) is 20.5 Å². The van der Waals surface area contributed by atoms with Crippen molar-refractivity contribution in [1.82, 2.24) is 0 Å². The Balaban J connectivity index is 1.99. The molecule has 4 nitrogen and oxygen atoms in total. The molecule has 30 heavy (non-hydrogen) atoms. The molecular formula is C23H25ClNO3PS. The van der Waals surface area contributed by atoms with Crippen molar-refractivity contribution in [2.24, 2.45) is 0 Å². The topological polar surface area (TPSA) is 47.6 Å². The van der Waals surface area contributed by atoms with Gasteiger partial charge < -0.3 is 14.4 Å². The summed E-state index contributed by atoms with van der Waals surface area (Å²) in [6.07, 6.45) is 0. The maximum absolute atomic E-state index is 13.7. The first-order chi connectivity index (χ1) is 14.6. The van der Waals surface area contributed by atoms with Crippen LogP contribution in [0.25, 0.3) is 0 Å². The van der Waals surface area contributed by atoms with E-state index in [2.05, 4.69) is 17.4 Å². The first kappa shape index (κ1) is 22.9. The third-order valence-corrected chi connectivity index (χ3v) is 7.90. The summed E-state index contributed by atoms with van der Waals surface area (Å²) in [6, 6.07) is 25.3. The molecule has 0 aliphatic rings. The smallest absolute Gasteiger partial charge is 0.357 e. The van der Waals surface area contributed by atoms with E-state index < -0.39 is 13.4 Å². The molecule has 0 amide bonds. The van der Waals surface area contributed by atoms with Crippen molar-refractivity contribution < 1.29 is 13.6 Å². The van der Waals surface area contributed by atoms with E-state index in [4.69, 9.17) is 20.6 Å². The van der Waals surface area contributed by atoms with Crippen molar-refractivity contribution in [3.8, 4) is 0 Å². The zero-order chi connectivity index (χ0) is 21.4. The van der Waals surface area contributed by atoms with Gasteiger partial charge in [-0.1, -0.05) is 65.8 Å². The maximum atomic E-state index is 13.7. The minimum absolute atomic E-state index is 0.281. The molecule has 158 valence electrons. The Bertz CT molecular complexity index is 975. The third-order valence-electron chi connectivity index (χ3n) is 4.27. The molecule has 1 unspecified atom stereocenters. The molecule has 0 spiro atoms. The SMILES string of the molecule is CCOP(=O)(OCC)C(Nc1ccccc1Sc1ccccc1)c1ccc(Cl)cc1. The average molecular weight is 462 g/mol. The molecule has 0 aromatic heterocycles. The van der Waals surface area contributed by atoms with Crippen LogP contribution < -0.4 is 5.32 Å². The number of anilines is 1. The van der Waals surface area contributed by atoms with Crippen molar-refractivity contribution >= 4 is 36.6 Å². The highest BCUT2D eigenvalue weighted by molar-refractivity contribution is 7.99. The Morgan fingerprint density at radius 3 is 2.13 bits per heavy atom. The van der Waals surface area contributed by atoms with Gasteiger partial charge in [0.05, 0.1) is 13.2 Å². The second kappa shape index (κ2) is 11.0. The van der Waals surface area contributed by atoms with E-state index >= 15 is 0 Å². The summed E-state index contributed by atoms with van der Waals surface area (Å²) in [5.41, 5.74) is 1.63. The van der Waals surface area contributed by atoms with Crippen LogP contribution in [-0.4, -0.2) is 13.2 Å². The highest BCUT2D eigenvalue weighted by atomic mass is 35.5. The number of hydrogen-bond donors (Lipinski definition) is 1. The minimum Gasteiger partial charge on any atom is -0.367 e. The van der Waals surface area contributed by atoms with E-state index in [0.29, 0.717) is 5.02 Å². The van der Waals surface area contributed by atoms with E-state index in [1.807, 2.05) is 68.4 Å². The molecule has 0 saturated carbocycles. The van der Waals surface area contributed by atoms with Gasteiger partial charge in [0.25, 0.3) is 0 Å². The Kier molecular flexibility index (Phi) is 8.43. The van der Waals surface area contributed by atoms with Gasteiger partial charge in [-0.2, -0.15) is 0 Å². The molecule has 0 aliphatic carbocycles. The highest BCUT2D eigenvalue weighted by Crippen LogP contribution is 2.61. The lowest BCUT2D eigenvalue weighted by atomic mass is 10.2. The molecule has 1 N–H and O–H groups in total. The number of halogens is 1. The van der Waals surface area contributed by atoms with Crippen molar-refractivity contribution in [3.05, 3.63) is 89.4 Å². The summed E-state index contributed by atoms with van der Waals surface area (Å²) in [6.45, 7) is 4.18. The van der Waals surface area contributed by atoms with Crippen molar-refractivity contribution in [2.75, 3.05) is 18.5 Å². The zero-order valence-electron chi connectivity index (χ0n) is 17.0. The lowest BCUT2D eigenvalue weighted by Gasteiger charge is -2.29. The van der Waals surface area contributed by atoms with Gasteiger partial charge in [0.15, 0.2) is 5.78 Å². The Hall–Kier alpha value is -1.75. The first-order valence-corrected chi connectivity index (χ1v) is 12.6. The van der Waals surface area contributed by atoms with Crippen LogP contribution in [0.4, 0.5) is 5.69 Å². The van der Waals surface area contributed by atoms with E-state index in [9.17, 15) is 4.57 Å².